The van der Waals surface area contributed by atoms with E-state index in [9.17, 15) is 0 Å². The van der Waals surface area contributed by atoms with Gasteiger partial charge in [-0.25, -0.2) is 0 Å². The van der Waals surface area contributed by atoms with Crippen LogP contribution < -0.4 is 5.43 Å². The summed E-state index contributed by atoms with van der Waals surface area (Å²) in [5.41, 5.74) is 3.87. The lowest BCUT2D eigenvalue weighted by Crippen LogP contribution is -2.06. The molecule has 0 radical (unpaired) electrons. The maximum Gasteiger partial charge on any atom is 0.0911 e. The Labute approximate surface area is 78.4 Å². The average Bonchev–Trinajstić information content (AvgIpc) is 2.19. The Balaban J connectivity index is 2.39. The fraction of sp³-hybridized carbons (Fsp3) is 0.300. The van der Waals surface area contributed by atoms with Crippen LogP contribution in [0.3, 0.4) is 0 Å². The molecule has 0 fully saturated rings. The summed E-state index contributed by atoms with van der Waals surface area (Å²) in [4.78, 5) is 0. The summed E-state index contributed by atoms with van der Waals surface area (Å²) in [6.45, 7) is 1.93. The van der Waals surface area contributed by atoms with Crippen molar-refractivity contribution in [3.05, 3.63) is 30.3 Å². The minimum absolute atomic E-state index is 0.0382. The minimum Gasteiger partial charge on any atom is -0.376 e. The molecule has 0 aliphatic rings. The third kappa shape index (κ3) is 3.71. The maximum absolute atomic E-state index is 5.00. The number of hydrogen-bond acceptors (Lipinski definition) is 3. The quantitative estimate of drug-likeness (QED) is 0.566. The summed E-state index contributed by atoms with van der Waals surface area (Å²) in [6, 6.07) is 9.78. The second-order valence-electron chi connectivity index (χ2n) is 2.70. The fourth-order valence-corrected chi connectivity index (χ4v) is 0.790. The Kier molecular flexibility index (Phi) is 3.99. The number of nitrogens with one attached hydrogen (secondary N) is 1. The SMILES string of the molecule is COC(C)/C=N/Nc1ccccc1. The number of hydrogen-bond donors (Lipinski definition) is 1. The van der Waals surface area contributed by atoms with Gasteiger partial charge in [-0.05, 0) is 19.1 Å². The van der Waals surface area contributed by atoms with Crippen LogP contribution in [0.5, 0.6) is 0 Å². The predicted molar refractivity (Wildman–Crippen MR) is 55.0 cm³/mol. The molecular weight excluding hydrogens is 164 g/mol. The number of ether oxygens (including phenoxy) is 1. The number of methoxy groups -OCH3 is 1. The predicted octanol–water partition coefficient (Wildman–Crippen LogP) is 2.12. The average molecular weight is 178 g/mol. The summed E-state index contributed by atoms with van der Waals surface area (Å²) in [5.74, 6) is 0. The summed E-state index contributed by atoms with van der Waals surface area (Å²) < 4.78 is 5.00. The summed E-state index contributed by atoms with van der Waals surface area (Å²) in [5, 5.41) is 4.01. The summed E-state index contributed by atoms with van der Waals surface area (Å²) in [6.07, 6.45) is 1.75. The molecule has 0 amide bonds. The van der Waals surface area contributed by atoms with Gasteiger partial charge in [-0.3, -0.25) is 5.43 Å². The van der Waals surface area contributed by atoms with E-state index in [1.165, 1.54) is 0 Å². The van der Waals surface area contributed by atoms with Crippen LogP contribution in [0.1, 0.15) is 6.92 Å². The van der Waals surface area contributed by atoms with Gasteiger partial charge in [0.1, 0.15) is 0 Å². The van der Waals surface area contributed by atoms with Crippen LogP contribution in [0.4, 0.5) is 5.69 Å². The van der Waals surface area contributed by atoms with Gasteiger partial charge in [0, 0.05) is 7.11 Å². The van der Waals surface area contributed by atoms with Crippen molar-refractivity contribution in [2.45, 2.75) is 13.0 Å². The highest BCUT2D eigenvalue weighted by molar-refractivity contribution is 5.63. The van der Waals surface area contributed by atoms with Gasteiger partial charge in [-0.2, -0.15) is 5.10 Å². The second kappa shape index (κ2) is 5.32. The lowest BCUT2D eigenvalue weighted by molar-refractivity contribution is 0.174. The smallest absolute Gasteiger partial charge is 0.0911 e. The molecule has 3 nitrogen and oxygen atoms in total. The highest BCUT2D eigenvalue weighted by Gasteiger charge is 1.90. The molecule has 0 aliphatic carbocycles. The Morgan fingerprint density at radius 1 is 1.38 bits per heavy atom. The van der Waals surface area contributed by atoms with E-state index in [1.807, 2.05) is 37.3 Å². The van der Waals surface area contributed by atoms with E-state index in [4.69, 9.17) is 4.74 Å². The normalized spacial score (nSPS) is 13.1. The topological polar surface area (TPSA) is 33.6 Å². The molecular formula is C10H14N2O. The standard InChI is InChI=1S/C10H14N2O/c1-9(13-2)8-11-12-10-6-4-3-5-7-10/h3-9,12H,1-2H3/b11-8+. The Morgan fingerprint density at radius 3 is 2.69 bits per heavy atom. The van der Waals surface area contributed by atoms with Crippen molar-refractivity contribution in [2.24, 2.45) is 5.10 Å². The lowest BCUT2D eigenvalue weighted by atomic mass is 10.3. The van der Waals surface area contributed by atoms with Gasteiger partial charge in [0.15, 0.2) is 0 Å². The molecule has 0 bridgehead atoms. The molecule has 1 aromatic rings. The van der Waals surface area contributed by atoms with Crippen LogP contribution in [0.15, 0.2) is 35.4 Å². The van der Waals surface area contributed by atoms with Gasteiger partial charge in [0.25, 0.3) is 0 Å². The Hall–Kier alpha value is -1.35. The molecule has 1 aromatic carbocycles. The van der Waals surface area contributed by atoms with Crippen molar-refractivity contribution < 1.29 is 4.74 Å². The number of anilines is 1. The molecule has 1 unspecified atom stereocenters. The largest absolute Gasteiger partial charge is 0.376 e. The third-order valence-corrected chi connectivity index (χ3v) is 1.62. The van der Waals surface area contributed by atoms with E-state index >= 15 is 0 Å². The van der Waals surface area contributed by atoms with Crippen LogP contribution in [0.2, 0.25) is 0 Å². The molecule has 0 aromatic heterocycles. The summed E-state index contributed by atoms with van der Waals surface area (Å²) in [7, 11) is 1.65. The van der Waals surface area contributed by atoms with E-state index in [0.29, 0.717) is 0 Å². The Bertz CT molecular complexity index is 259. The van der Waals surface area contributed by atoms with E-state index < -0.39 is 0 Å². The van der Waals surface area contributed by atoms with E-state index in [2.05, 4.69) is 10.5 Å². The first kappa shape index (κ1) is 9.74. The van der Waals surface area contributed by atoms with Crippen LogP contribution in [-0.2, 0) is 4.74 Å². The molecule has 0 spiro atoms. The first-order valence-electron chi connectivity index (χ1n) is 4.20. The van der Waals surface area contributed by atoms with E-state index in [0.717, 1.165) is 5.69 Å². The number of para-hydroxylation sites is 1. The maximum atomic E-state index is 5.00. The summed E-state index contributed by atoms with van der Waals surface area (Å²) >= 11 is 0. The highest BCUT2D eigenvalue weighted by Crippen LogP contribution is 2.03. The van der Waals surface area contributed by atoms with Gasteiger partial charge in [0.2, 0.25) is 0 Å². The van der Waals surface area contributed by atoms with Crippen LogP contribution >= 0.6 is 0 Å². The molecule has 0 heterocycles. The first-order valence-corrected chi connectivity index (χ1v) is 4.20. The van der Waals surface area contributed by atoms with Crippen molar-refractivity contribution in [3.8, 4) is 0 Å². The monoisotopic (exact) mass is 178 g/mol. The van der Waals surface area contributed by atoms with E-state index in [1.54, 1.807) is 13.3 Å². The zero-order valence-corrected chi connectivity index (χ0v) is 7.90. The fourth-order valence-electron chi connectivity index (χ4n) is 0.790. The van der Waals surface area contributed by atoms with Gasteiger partial charge in [-0.1, -0.05) is 18.2 Å². The van der Waals surface area contributed by atoms with Crippen molar-refractivity contribution in [3.63, 3.8) is 0 Å². The highest BCUT2D eigenvalue weighted by atomic mass is 16.5. The van der Waals surface area contributed by atoms with Gasteiger partial charge in [-0.15, -0.1) is 0 Å². The number of benzene rings is 1. The Morgan fingerprint density at radius 2 is 2.08 bits per heavy atom. The number of hydrazone groups is 1. The molecule has 1 rings (SSSR count). The molecule has 0 saturated carbocycles. The van der Waals surface area contributed by atoms with Crippen molar-refractivity contribution >= 4 is 11.9 Å². The minimum atomic E-state index is 0.0382. The van der Waals surface area contributed by atoms with E-state index in [-0.39, 0.29) is 6.10 Å². The molecule has 3 heteroatoms. The van der Waals surface area contributed by atoms with Crippen molar-refractivity contribution in [2.75, 3.05) is 12.5 Å². The molecule has 0 saturated heterocycles. The van der Waals surface area contributed by atoms with Crippen LogP contribution in [-0.4, -0.2) is 19.4 Å². The number of rotatable bonds is 4. The second-order valence-corrected chi connectivity index (χ2v) is 2.70. The van der Waals surface area contributed by atoms with Crippen LogP contribution in [0, 0.1) is 0 Å². The van der Waals surface area contributed by atoms with Gasteiger partial charge < -0.3 is 4.74 Å². The third-order valence-electron chi connectivity index (χ3n) is 1.62. The first-order chi connectivity index (χ1) is 6.33. The number of nitrogens with zero attached hydrogens (tertiary/aromatic N) is 1. The van der Waals surface area contributed by atoms with Gasteiger partial charge in [0.05, 0.1) is 18.0 Å². The van der Waals surface area contributed by atoms with Gasteiger partial charge >= 0.3 is 0 Å². The molecule has 1 N–H and O–H groups in total. The van der Waals surface area contributed by atoms with Crippen LogP contribution in [0.25, 0.3) is 0 Å². The van der Waals surface area contributed by atoms with Crippen molar-refractivity contribution in [1.29, 1.82) is 0 Å². The lowest BCUT2D eigenvalue weighted by Gasteiger charge is -2.02. The zero-order chi connectivity index (χ0) is 9.52. The molecule has 70 valence electrons. The molecule has 13 heavy (non-hydrogen) atoms. The molecule has 0 aliphatic heterocycles. The van der Waals surface area contributed by atoms with Crippen molar-refractivity contribution in [1.82, 2.24) is 0 Å². The molecule has 1 atom stereocenters. The zero-order valence-electron chi connectivity index (χ0n) is 7.90.